The van der Waals surface area contributed by atoms with Crippen LogP contribution >= 0.6 is 0 Å². The van der Waals surface area contributed by atoms with Crippen molar-refractivity contribution in [2.75, 3.05) is 56.9 Å². The molecule has 0 radical (unpaired) electrons. The Morgan fingerprint density at radius 3 is 2.62 bits per heavy atom. The summed E-state index contributed by atoms with van der Waals surface area (Å²) in [6, 6.07) is 12.4. The Labute approximate surface area is 213 Å². The molecule has 0 aliphatic carbocycles. The lowest BCUT2D eigenvalue weighted by Gasteiger charge is -2.22. The number of nitrogens with zero attached hydrogens (tertiary/aromatic N) is 6. The monoisotopic (exact) mass is 504 g/mol. The summed E-state index contributed by atoms with van der Waals surface area (Å²) in [5, 5.41) is 18.5. The van der Waals surface area contributed by atoms with E-state index in [1.54, 1.807) is 31.6 Å². The SMILES string of the molecule is COc1cc(N(C)CCN(C)C)c([N+](=O)[O-])cc1Nc1nccc(-n2cc(NC=O)c3ccccc32)n1. The minimum atomic E-state index is -0.420. The largest absolute Gasteiger partial charge is 0.494 e. The van der Waals surface area contributed by atoms with E-state index in [2.05, 4.69) is 20.6 Å². The van der Waals surface area contributed by atoms with Crippen LogP contribution in [0, 0.1) is 10.1 Å². The van der Waals surface area contributed by atoms with Gasteiger partial charge in [0.15, 0.2) is 0 Å². The highest BCUT2D eigenvalue weighted by atomic mass is 16.6. The van der Waals surface area contributed by atoms with Crippen molar-refractivity contribution in [3.8, 4) is 11.6 Å². The van der Waals surface area contributed by atoms with E-state index < -0.39 is 4.92 Å². The number of aromatic nitrogens is 3. The highest BCUT2D eigenvalue weighted by Crippen LogP contribution is 2.39. The van der Waals surface area contributed by atoms with Crippen LogP contribution < -0.4 is 20.3 Å². The Morgan fingerprint density at radius 1 is 1.14 bits per heavy atom. The van der Waals surface area contributed by atoms with E-state index in [0.717, 1.165) is 17.4 Å². The second kappa shape index (κ2) is 10.9. The fourth-order valence-electron chi connectivity index (χ4n) is 3.96. The van der Waals surface area contributed by atoms with Crippen LogP contribution in [0.5, 0.6) is 5.75 Å². The number of carbonyl (C=O) groups excluding carboxylic acids is 1. The predicted molar refractivity (Wildman–Crippen MR) is 143 cm³/mol. The first kappa shape index (κ1) is 25.4. The van der Waals surface area contributed by atoms with E-state index in [1.807, 2.05) is 52.7 Å². The van der Waals surface area contributed by atoms with Crippen LogP contribution in [0.3, 0.4) is 0 Å². The molecule has 0 aliphatic rings. The van der Waals surface area contributed by atoms with Gasteiger partial charge in [0.05, 0.1) is 28.9 Å². The zero-order valence-corrected chi connectivity index (χ0v) is 21.0. The van der Waals surface area contributed by atoms with Crippen LogP contribution in [0.2, 0.25) is 0 Å². The van der Waals surface area contributed by atoms with Crippen LogP contribution in [-0.2, 0) is 4.79 Å². The van der Waals surface area contributed by atoms with Crippen molar-refractivity contribution in [3.63, 3.8) is 0 Å². The Morgan fingerprint density at radius 2 is 1.92 bits per heavy atom. The van der Waals surface area contributed by atoms with Crippen LogP contribution in [0.15, 0.2) is 54.9 Å². The van der Waals surface area contributed by atoms with Crippen molar-refractivity contribution in [1.29, 1.82) is 0 Å². The molecule has 12 nitrogen and oxygen atoms in total. The van der Waals surface area contributed by atoms with E-state index in [1.165, 1.54) is 13.2 Å². The number of ether oxygens (including phenoxy) is 1. The molecule has 0 atom stereocenters. The molecule has 1 amide bonds. The molecule has 0 spiro atoms. The highest BCUT2D eigenvalue weighted by molar-refractivity contribution is 5.97. The molecule has 0 unspecified atom stereocenters. The van der Waals surface area contributed by atoms with Crippen LogP contribution in [0.4, 0.5) is 28.7 Å². The number of hydrogen-bond donors (Lipinski definition) is 2. The lowest BCUT2D eigenvalue weighted by molar-refractivity contribution is -0.384. The fourth-order valence-corrected chi connectivity index (χ4v) is 3.96. The van der Waals surface area contributed by atoms with Gasteiger partial charge in [-0.25, -0.2) is 4.98 Å². The first-order chi connectivity index (χ1) is 17.8. The number of nitro groups is 1. The molecule has 192 valence electrons. The summed E-state index contributed by atoms with van der Waals surface area (Å²) in [6.45, 7) is 1.33. The van der Waals surface area contributed by atoms with E-state index in [-0.39, 0.29) is 11.6 Å². The summed E-state index contributed by atoms with van der Waals surface area (Å²) in [6.07, 6.45) is 3.98. The molecule has 12 heteroatoms. The topological polar surface area (TPSA) is 131 Å². The number of methoxy groups -OCH3 is 1. The Balaban J connectivity index is 1.70. The fraction of sp³-hybridized carbons (Fsp3) is 0.240. The molecule has 2 aromatic heterocycles. The summed E-state index contributed by atoms with van der Waals surface area (Å²) < 4.78 is 7.38. The lowest BCUT2D eigenvalue weighted by Crippen LogP contribution is -2.28. The predicted octanol–water partition coefficient (Wildman–Crippen LogP) is 3.65. The van der Waals surface area contributed by atoms with Gasteiger partial charge in [-0.1, -0.05) is 18.2 Å². The van der Waals surface area contributed by atoms with Gasteiger partial charge in [-0.05, 0) is 26.2 Å². The van der Waals surface area contributed by atoms with Gasteiger partial charge in [0, 0.05) is 50.0 Å². The number of para-hydroxylation sites is 1. The van der Waals surface area contributed by atoms with Gasteiger partial charge in [0.1, 0.15) is 17.3 Å². The molecular weight excluding hydrogens is 476 g/mol. The summed E-state index contributed by atoms with van der Waals surface area (Å²) in [5.74, 6) is 1.18. The summed E-state index contributed by atoms with van der Waals surface area (Å²) in [7, 11) is 7.20. The van der Waals surface area contributed by atoms with Crippen molar-refractivity contribution in [1.82, 2.24) is 19.4 Å². The number of benzene rings is 2. The molecule has 0 saturated carbocycles. The van der Waals surface area contributed by atoms with E-state index >= 15 is 0 Å². The molecule has 2 heterocycles. The summed E-state index contributed by atoms with van der Waals surface area (Å²) >= 11 is 0. The molecule has 2 aromatic carbocycles. The minimum absolute atomic E-state index is 0.0679. The van der Waals surface area contributed by atoms with Crippen molar-refractivity contribution in [2.45, 2.75) is 0 Å². The number of hydrogen-bond acceptors (Lipinski definition) is 9. The third-order valence-corrected chi connectivity index (χ3v) is 5.85. The van der Waals surface area contributed by atoms with Gasteiger partial charge >= 0.3 is 0 Å². The van der Waals surface area contributed by atoms with Crippen molar-refractivity contribution >= 4 is 46.0 Å². The Kier molecular flexibility index (Phi) is 7.49. The van der Waals surface area contributed by atoms with Crippen molar-refractivity contribution in [3.05, 3.63) is 65.0 Å². The normalized spacial score (nSPS) is 10.9. The summed E-state index contributed by atoms with van der Waals surface area (Å²) in [4.78, 5) is 35.3. The number of nitro benzene ring substituents is 1. The van der Waals surface area contributed by atoms with Crippen molar-refractivity contribution in [2.24, 2.45) is 0 Å². The van der Waals surface area contributed by atoms with Gasteiger partial charge in [0.2, 0.25) is 12.4 Å². The standard InChI is InChI=1S/C25H28N8O4/c1-30(2)11-12-31(3)21-14-23(37-4)18(13-22(21)33(35)36)28-25-26-10-9-24(29-25)32-15-19(27-16-34)17-7-5-6-8-20(17)32/h5-10,13-16H,11-12H2,1-4H3,(H,27,34)(H,26,28,29). The number of fused-ring (bicyclic) bond motifs is 1. The quantitative estimate of drug-likeness (QED) is 0.178. The zero-order chi connectivity index (χ0) is 26.5. The number of likely N-dealkylation sites (N-methyl/N-ethyl adjacent to an activating group) is 2. The second-order valence-corrected chi connectivity index (χ2v) is 8.58. The maximum Gasteiger partial charge on any atom is 0.294 e. The first-order valence-electron chi connectivity index (χ1n) is 11.5. The van der Waals surface area contributed by atoms with Crippen LogP contribution in [0.25, 0.3) is 16.7 Å². The third-order valence-electron chi connectivity index (χ3n) is 5.85. The molecule has 0 saturated heterocycles. The van der Waals surface area contributed by atoms with E-state index in [4.69, 9.17) is 4.74 Å². The highest BCUT2D eigenvalue weighted by Gasteiger charge is 2.22. The maximum absolute atomic E-state index is 11.9. The number of anilines is 4. The Hall–Kier alpha value is -4.71. The molecule has 0 fully saturated rings. The summed E-state index contributed by atoms with van der Waals surface area (Å²) in [5.41, 5.74) is 2.22. The average Bonchev–Trinajstić information content (AvgIpc) is 3.26. The van der Waals surface area contributed by atoms with Gasteiger partial charge in [-0.3, -0.25) is 19.5 Å². The van der Waals surface area contributed by atoms with Crippen LogP contribution in [-0.4, -0.2) is 72.1 Å². The van der Waals surface area contributed by atoms with E-state index in [9.17, 15) is 14.9 Å². The van der Waals surface area contributed by atoms with Crippen molar-refractivity contribution < 1.29 is 14.5 Å². The number of amides is 1. The van der Waals surface area contributed by atoms with Gasteiger partial charge in [-0.2, -0.15) is 4.98 Å². The van der Waals surface area contributed by atoms with Gasteiger partial charge in [-0.15, -0.1) is 0 Å². The molecular formula is C25H28N8O4. The van der Waals surface area contributed by atoms with E-state index in [0.29, 0.717) is 41.6 Å². The number of rotatable bonds is 11. The Bertz CT molecular complexity index is 1440. The minimum Gasteiger partial charge on any atom is -0.494 e. The molecule has 0 bridgehead atoms. The molecule has 37 heavy (non-hydrogen) atoms. The third kappa shape index (κ3) is 5.43. The number of nitrogens with one attached hydrogen (secondary N) is 2. The smallest absolute Gasteiger partial charge is 0.294 e. The molecule has 0 aliphatic heterocycles. The second-order valence-electron chi connectivity index (χ2n) is 8.58. The van der Waals surface area contributed by atoms with Gasteiger partial charge < -0.3 is 25.2 Å². The van der Waals surface area contributed by atoms with Gasteiger partial charge in [0.25, 0.3) is 5.69 Å². The lowest BCUT2D eigenvalue weighted by atomic mass is 10.2. The average molecular weight is 505 g/mol. The maximum atomic E-state index is 11.9. The van der Waals surface area contributed by atoms with Crippen LogP contribution in [0.1, 0.15) is 0 Å². The zero-order valence-electron chi connectivity index (χ0n) is 21.0. The molecule has 2 N–H and O–H groups in total. The molecule has 4 aromatic rings. The molecule has 4 rings (SSSR count). The first-order valence-corrected chi connectivity index (χ1v) is 11.5. The number of carbonyl (C=O) groups is 1.